The summed E-state index contributed by atoms with van der Waals surface area (Å²) in [6.45, 7) is 9.74. The van der Waals surface area contributed by atoms with Gasteiger partial charge in [0.15, 0.2) is 6.10 Å². The molecule has 0 aliphatic carbocycles. The molecular weight excluding hydrogens is 775 g/mol. The zero-order chi connectivity index (χ0) is 39.8. The Labute approximate surface area is 347 Å². The number of ether oxygens (including phenoxy) is 2. The van der Waals surface area contributed by atoms with E-state index in [2.05, 4.69) is 52.0 Å². The first-order valence-corrected chi connectivity index (χ1v) is 27.6. The molecule has 0 bridgehead atoms. The van der Waals surface area contributed by atoms with Gasteiger partial charge in [-0.1, -0.05) is 154 Å². The predicted octanol–water partition coefficient (Wildman–Crippen LogP) is 15.0. The van der Waals surface area contributed by atoms with Gasteiger partial charge in [-0.15, -0.1) is 0 Å². The molecule has 0 saturated carbocycles. The molecule has 0 aromatic rings. The van der Waals surface area contributed by atoms with E-state index in [1.165, 1.54) is 167 Å². The predicted molar refractivity (Wildman–Crippen MR) is 237 cm³/mol. The fraction of sp³-hybridized carbons (Fsp3) is 0.875. The van der Waals surface area contributed by atoms with Gasteiger partial charge in [-0.25, -0.2) is 4.79 Å². The summed E-state index contributed by atoms with van der Waals surface area (Å²) >= 11 is 0.149. The van der Waals surface area contributed by atoms with Gasteiger partial charge in [0.1, 0.15) is 0 Å². The Balaban J connectivity index is 0. The fourth-order valence-electron chi connectivity index (χ4n) is 6.18. The van der Waals surface area contributed by atoms with Crippen LogP contribution in [0, 0.1) is 0 Å². The summed E-state index contributed by atoms with van der Waals surface area (Å²) in [6, 6.07) is 0. The van der Waals surface area contributed by atoms with E-state index in [1.807, 2.05) is 0 Å². The Morgan fingerprint density at radius 3 is 1.13 bits per heavy atom. The van der Waals surface area contributed by atoms with E-state index >= 15 is 0 Å². The molecule has 5 nitrogen and oxygen atoms in total. The van der Waals surface area contributed by atoms with Crippen LogP contribution in [0.2, 0.25) is 8.87 Å². The topological polar surface area (TPSA) is 72.8 Å². The first-order chi connectivity index (χ1) is 26.5. The number of allylic oxidation sites excluding steroid dienone is 4. The minimum absolute atomic E-state index is 0.149. The molecule has 54 heavy (non-hydrogen) atoms. The van der Waals surface area contributed by atoms with E-state index in [-0.39, 0.29) is 27.6 Å². The average Bonchev–Trinajstić information content (AvgIpc) is 3.17. The van der Waals surface area contributed by atoms with Gasteiger partial charge in [-0.3, -0.25) is 4.79 Å². The normalized spacial score (nSPS) is 11.9. The standard InChI is InChI=1S/C40H74O5.2C4H9.Sn/c1-3-5-7-9-11-13-15-17-19-21-23-25-27-29-31-33-35-44-39(42)37-38(41)40(43)45-36-34-32-30-28-26-24-22-20-18-16-14-12-10-8-6-4-2;2*1-3-4-2;/h17-20,38,41H,3-16,21-37H2,1-2H3;2*1,3-4H2,2H3;. The Bertz CT molecular complexity index is 792. The first-order valence-electron chi connectivity index (χ1n) is 23.5. The van der Waals surface area contributed by atoms with Crippen LogP contribution >= 0.6 is 0 Å². The van der Waals surface area contributed by atoms with Crippen molar-refractivity contribution in [3.05, 3.63) is 24.3 Å². The third-order valence-corrected chi connectivity index (χ3v) is 13.9. The fourth-order valence-corrected chi connectivity index (χ4v) is 10.3. The van der Waals surface area contributed by atoms with Crippen LogP contribution in [0.25, 0.3) is 0 Å². The van der Waals surface area contributed by atoms with Gasteiger partial charge in [0.2, 0.25) is 0 Å². The summed E-state index contributed by atoms with van der Waals surface area (Å²) in [5.41, 5.74) is 0. The maximum atomic E-state index is 12.0. The van der Waals surface area contributed by atoms with Crippen LogP contribution < -0.4 is 0 Å². The van der Waals surface area contributed by atoms with E-state index in [1.54, 1.807) is 8.87 Å². The van der Waals surface area contributed by atoms with E-state index in [0.717, 1.165) is 38.5 Å². The Morgan fingerprint density at radius 1 is 0.444 bits per heavy atom. The van der Waals surface area contributed by atoms with Gasteiger partial charge in [-0.2, -0.15) is 0 Å². The molecule has 0 saturated heterocycles. The molecule has 0 rings (SSSR count). The third kappa shape index (κ3) is 49.2. The van der Waals surface area contributed by atoms with Crippen molar-refractivity contribution in [3.8, 4) is 0 Å². The van der Waals surface area contributed by atoms with Crippen LogP contribution in [0.15, 0.2) is 24.3 Å². The molecule has 0 aromatic heterocycles. The van der Waals surface area contributed by atoms with Crippen molar-refractivity contribution < 1.29 is 24.2 Å². The van der Waals surface area contributed by atoms with E-state index in [0.29, 0.717) is 13.2 Å². The molecule has 0 amide bonds. The van der Waals surface area contributed by atoms with Gasteiger partial charge in [0.05, 0.1) is 19.6 Å². The van der Waals surface area contributed by atoms with Crippen molar-refractivity contribution in [3.63, 3.8) is 0 Å². The molecule has 0 aliphatic rings. The van der Waals surface area contributed by atoms with Gasteiger partial charge in [0.25, 0.3) is 0 Å². The first kappa shape index (κ1) is 55.3. The number of aliphatic hydroxyl groups excluding tert-OH is 1. The van der Waals surface area contributed by atoms with E-state index in [4.69, 9.17) is 9.47 Å². The summed E-state index contributed by atoms with van der Waals surface area (Å²) in [5, 5.41) is 9.98. The van der Waals surface area contributed by atoms with Crippen molar-refractivity contribution in [1.82, 2.24) is 0 Å². The monoisotopic (exact) mass is 869 g/mol. The molecule has 1 atom stereocenters. The zero-order valence-electron chi connectivity index (χ0n) is 36.6. The van der Waals surface area contributed by atoms with Crippen molar-refractivity contribution in [2.45, 2.75) is 255 Å². The number of hydrogen-bond donors (Lipinski definition) is 1. The number of unbranched alkanes of at least 4 members (excludes halogenated alkanes) is 26. The molecule has 6 heteroatoms. The van der Waals surface area contributed by atoms with Gasteiger partial charge >= 0.3 is 81.5 Å². The molecule has 0 fully saturated rings. The van der Waals surface area contributed by atoms with Crippen molar-refractivity contribution in [2.75, 3.05) is 13.2 Å². The van der Waals surface area contributed by atoms with Crippen LogP contribution in [-0.2, 0) is 19.1 Å². The zero-order valence-corrected chi connectivity index (χ0v) is 39.5. The molecule has 0 aliphatic heterocycles. The van der Waals surface area contributed by atoms with Crippen LogP contribution in [0.1, 0.15) is 240 Å². The Morgan fingerprint density at radius 2 is 0.759 bits per heavy atom. The number of hydrogen-bond acceptors (Lipinski definition) is 5. The van der Waals surface area contributed by atoms with Crippen LogP contribution in [-0.4, -0.2) is 57.5 Å². The number of carbonyl (C=O) groups is 2. The summed E-state index contributed by atoms with van der Waals surface area (Å²) in [5.74, 6) is -1.26. The molecular formula is C48H92O5Sn. The summed E-state index contributed by atoms with van der Waals surface area (Å²) in [4.78, 5) is 23.9. The number of carbonyl (C=O) groups excluding carboxylic acids is 2. The molecule has 0 spiro atoms. The molecule has 1 N–H and O–H groups in total. The summed E-state index contributed by atoms with van der Waals surface area (Å²) < 4.78 is 13.6. The number of esters is 2. The maximum absolute atomic E-state index is 12.0. The number of rotatable bonds is 41. The van der Waals surface area contributed by atoms with Gasteiger partial charge in [-0.05, 0) is 64.2 Å². The molecule has 1 unspecified atom stereocenters. The SMILES string of the molecule is CCCCCCCCC=CCCCCCCCCOC(=O)CC(O)C(=O)OCCCCCCCCC=CCCCCCCCC.CCC[CH2][Sn][CH2]CCC. The Kier molecular flexibility index (Phi) is 51.4. The molecule has 0 aromatic carbocycles. The van der Waals surface area contributed by atoms with Crippen LogP contribution in [0.5, 0.6) is 0 Å². The summed E-state index contributed by atoms with van der Waals surface area (Å²) in [6.07, 6.45) is 47.8. The molecule has 318 valence electrons. The molecule has 2 radical (unpaired) electrons. The second kappa shape index (κ2) is 50.2. The van der Waals surface area contributed by atoms with Crippen LogP contribution in [0.4, 0.5) is 0 Å². The quantitative estimate of drug-likeness (QED) is 0.0287. The van der Waals surface area contributed by atoms with Crippen LogP contribution in [0.3, 0.4) is 0 Å². The van der Waals surface area contributed by atoms with E-state index < -0.39 is 18.0 Å². The van der Waals surface area contributed by atoms with Crippen molar-refractivity contribution in [1.29, 1.82) is 0 Å². The van der Waals surface area contributed by atoms with Gasteiger partial charge < -0.3 is 14.6 Å². The second-order valence-electron chi connectivity index (χ2n) is 15.4. The summed E-state index contributed by atoms with van der Waals surface area (Å²) in [7, 11) is 0. The molecule has 0 heterocycles. The van der Waals surface area contributed by atoms with Crippen molar-refractivity contribution in [2.24, 2.45) is 0 Å². The van der Waals surface area contributed by atoms with E-state index in [9.17, 15) is 14.7 Å². The Hall–Kier alpha value is -0.821. The number of aliphatic hydroxyl groups is 1. The average molecular weight is 868 g/mol. The third-order valence-electron chi connectivity index (χ3n) is 9.87. The second-order valence-corrected chi connectivity index (χ2v) is 19.7. The van der Waals surface area contributed by atoms with Gasteiger partial charge in [0, 0.05) is 0 Å². The minimum atomic E-state index is -1.44. The van der Waals surface area contributed by atoms with Crippen molar-refractivity contribution >= 4 is 33.1 Å².